The van der Waals surface area contributed by atoms with E-state index in [9.17, 15) is 0 Å². The highest BCUT2D eigenvalue weighted by atomic mass is 16.5. The maximum atomic E-state index is 5.87. The number of nitrogens with zero attached hydrogens (tertiary/aromatic N) is 1. The highest BCUT2D eigenvalue weighted by Gasteiger charge is 2.12. The fourth-order valence-corrected chi connectivity index (χ4v) is 1.76. The van der Waals surface area contributed by atoms with Gasteiger partial charge in [0.15, 0.2) is 6.10 Å². The number of ether oxygens (including phenoxy) is 2. The normalized spacial score (nSPS) is 11.9. The minimum absolute atomic E-state index is 0.252. The number of hydrogen-bond donors (Lipinski definition) is 1. The summed E-state index contributed by atoms with van der Waals surface area (Å²) >= 11 is 0. The van der Waals surface area contributed by atoms with Gasteiger partial charge in [-0.15, -0.1) is 0 Å². The maximum Gasteiger partial charge on any atom is 0.153 e. The average Bonchev–Trinajstić information content (AvgIpc) is 2.46. The van der Waals surface area contributed by atoms with Crippen molar-refractivity contribution in [1.82, 2.24) is 4.98 Å². The second-order valence-electron chi connectivity index (χ2n) is 4.00. The topological polar surface area (TPSA) is 57.4 Å². The second kappa shape index (κ2) is 6.75. The molecule has 2 N–H and O–H groups in total. The van der Waals surface area contributed by atoms with E-state index in [4.69, 9.17) is 15.2 Å². The number of rotatable bonds is 6. The van der Waals surface area contributed by atoms with E-state index >= 15 is 0 Å². The second-order valence-corrected chi connectivity index (χ2v) is 4.00. The summed E-state index contributed by atoms with van der Waals surface area (Å²) in [4.78, 5) is 4.27. The van der Waals surface area contributed by atoms with Crippen LogP contribution in [-0.2, 0) is 0 Å². The van der Waals surface area contributed by atoms with Gasteiger partial charge >= 0.3 is 0 Å². The molecule has 4 nitrogen and oxygen atoms in total. The van der Waals surface area contributed by atoms with Gasteiger partial charge in [0.25, 0.3) is 0 Å². The van der Waals surface area contributed by atoms with E-state index in [1.165, 1.54) is 0 Å². The molecule has 1 unspecified atom stereocenters. The zero-order valence-electron chi connectivity index (χ0n) is 11.0. The molecule has 1 atom stereocenters. The molecule has 0 aliphatic rings. The summed E-state index contributed by atoms with van der Waals surface area (Å²) in [6.07, 6.45) is 1.48. The molecule has 1 heterocycles. The molecule has 0 amide bonds. The molecule has 0 spiro atoms. The van der Waals surface area contributed by atoms with Crippen LogP contribution in [0, 0.1) is 0 Å². The van der Waals surface area contributed by atoms with Crippen molar-refractivity contribution in [3.8, 4) is 11.5 Å². The van der Waals surface area contributed by atoms with Crippen LogP contribution in [0.2, 0.25) is 0 Å². The van der Waals surface area contributed by atoms with E-state index < -0.39 is 0 Å². The Kier molecular flexibility index (Phi) is 4.75. The van der Waals surface area contributed by atoms with Crippen LogP contribution < -0.4 is 15.2 Å². The average molecular weight is 258 g/mol. The standard InChI is InChI=1S/C15H18N2O2/c1-2-18-12-6-5-7-13(10-12)19-15(11-16)14-8-3-4-9-17-14/h3-10,15H,2,11,16H2,1H3. The van der Waals surface area contributed by atoms with E-state index in [0.717, 1.165) is 17.2 Å². The van der Waals surface area contributed by atoms with Crippen molar-refractivity contribution in [3.63, 3.8) is 0 Å². The Labute approximate surface area is 113 Å². The number of nitrogens with two attached hydrogens (primary N) is 1. The molecule has 100 valence electrons. The number of pyridine rings is 1. The highest BCUT2D eigenvalue weighted by Crippen LogP contribution is 2.24. The van der Waals surface area contributed by atoms with Crippen molar-refractivity contribution in [1.29, 1.82) is 0 Å². The summed E-state index contributed by atoms with van der Waals surface area (Å²) in [5.41, 5.74) is 6.58. The number of aromatic nitrogens is 1. The van der Waals surface area contributed by atoms with Gasteiger partial charge in [-0.05, 0) is 31.2 Å². The molecule has 0 bridgehead atoms. The van der Waals surface area contributed by atoms with E-state index in [2.05, 4.69) is 4.98 Å². The van der Waals surface area contributed by atoms with Crippen LogP contribution in [0.15, 0.2) is 48.7 Å². The molecule has 0 aliphatic carbocycles. The van der Waals surface area contributed by atoms with E-state index in [-0.39, 0.29) is 6.10 Å². The minimum atomic E-state index is -0.252. The van der Waals surface area contributed by atoms with Crippen molar-refractivity contribution in [2.45, 2.75) is 13.0 Å². The molecule has 0 radical (unpaired) electrons. The monoisotopic (exact) mass is 258 g/mol. The van der Waals surface area contributed by atoms with Crippen LogP contribution in [0.5, 0.6) is 11.5 Å². The first-order valence-electron chi connectivity index (χ1n) is 6.34. The predicted octanol–water partition coefficient (Wildman–Crippen LogP) is 2.56. The quantitative estimate of drug-likeness (QED) is 0.865. The Morgan fingerprint density at radius 2 is 2.00 bits per heavy atom. The van der Waals surface area contributed by atoms with Gasteiger partial charge in [0.2, 0.25) is 0 Å². The van der Waals surface area contributed by atoms with Crippen LogP contribution in [-0.4, -0.2) is 18.1 Å². The predicted molar refractivity (Wildman–Crippen MR) is 74.3 cm³/mol. The fraction of sp³-hybridized carbons (Fsp3) is 0.267. The Hall–Kier alpha value is -2.07. The first-order chi connectivity index (χ1) is 9.33. The smallest absolute Gasteiger partial charge is 0.153 e. The molecular weight excluding hydrogens is 240 g/mol. The summed E-state index contributed by atoms with van der Waals surface area (Å²) in [5.74, 6) is 1.52. The first kappa shape index (κ1) is 13.4. The molecule has 1 aromatic carbocycles. The molecule has 0 saturated carbocycles. The van der Waals surface area contributed by atoms with Gasteiger partial charge in [-0.3, -0.25) is 4.98 Å². The van der Waals surface area contributed by atoms with Crippen molar-refractivity contribution < 1.29 is 9.47 Å². The molecular formula is C15H18N2O2. The van der Waals surface area contributed by atoms with Crippen LogP contribution in [0.25, 0.3) is 0 Å². The first-order valence-corrected chi connectivity index (χ1v) is 6.34. The number of hydrogen-bond acceptors (Lipinski definition) is 4. The molecule has 2 rings (SSSR count). The maximum absolute atomic E-state index is 5.87. The minimum Gasteiger partial charge on any atom is -0.494 e. The third-order valence-electron chi connectivity index (χ3n) is 2.63. The number of benzene rings is 1. The van der Waals surface area contributed by atoms with Crippen LogP contribution in [0.4, 0.5) is 0 Å². The van der Waals surface area contributed by atoms with Gasteiger partial charge in [0, 0.05) is 18.8 Å². The largest absolute Gasteiger partial charge is 0.494 e. The molecule has 2 aromatic rings. The summed E-state index contributed by atoms with van der Waals surface area (Å²) < 4.78 is 11.3. The van der Waals surface area contributed by atoms with Gasteiger partial charge in [-0.25, -0.2) is 0 Å². The molecule has 0 saturated heterocycles. The Bertz CT molecular complexity index is 503. The highest BCUT2D eigenvalue weighted by molar-refractivity contribution is 5.33. The molecule has 0 fully saturated rings. The van der Waals surface area contributed by atoms with Crippen molar-refractivity contribution in [2.75, 3.05) is 13.2 Å². The zero-order chi connectivity index (χ0) is 13.5. The summed E-state index contributed by atoms with van der Waals surface area (Å²) in [5, 5.41) is 0. The van der Waals surface area contributed by atoms with Crippen molar-refractivity contribution in [2.24, 2.45) is 5.73 Å². The van der Waals surface area contributed by atoms with Gasteiger partial charge in [-0.2, -0.15) is 0 Å². The van der Waals surface area contributed by atoms with Gasteiger partial charge < -0.3 is 15.2 Å². The van der Waals surface area contributed by atoms with Crippen LogP contribution in [0.1, 0.15) is 18.7 Å². The Balaban J connectivity index is 2.12. The Morgan fingerprint density at radius 1 is 1.16 bits per heavy atom. The van der Waals surface area contributed by atoms with Crippen LogP contribution in [0.3, 0.4) is 0 Å². The van der Waals surface area contributed by atoms with Gasteiger partial charge in [-0.1, -0.05) is 12.1 Å². The van der Waals surface area contributed by atoms with Crippen molar-refractivity contribution in [3.05, 3.63) is 54.4 Å². The lowest BCUT2D eigenvalue weighted by atomic mass is 10.2. The lowest BCUT2D eigenvalue weighted by Gasteiger charge is -2.17. The molecule has 19 heavy (non-hydrogen) atoms. The third kappa shape index (κ3) is 3.69. The lowest BCUT2D eigenvalue weighted by molar-refractivity contribution is 0.208. The SMILES string of the molecule is CCOc1cccc(OC(CN)c2ccccn2)c1. The van der Waals surface area contributed by atoms with E-state index in [1.54, 1.807) is 6.20 Å². The molecule has 0 aliphatic heterocycles. The summed E-state index contributed by atoms with van der Waals surface area (Å²) in [6, 6.07) is 13.2. The van der Waals surface area contributed by atoms with E-state index in [1.807, 2.05) is 49.4 Å². The summed E-state index contributed by atoms with van der Waals surface area (Å²) in [6.45, 7) is 2.95. The van der Waals surface area contributed by atoms with Gasteiger partial charge in [0.1, 0.15) is 11.5 Å². The van der Waals surface area contributed by atoms with Crippen molar-refractivity contribution >= 4 is 0 Å². The lowest BCUT2D eigenvalue weighted by Crippen LogP contribution is -2.19. The fourth-order valence-electron chi connectivity index (χ4n) is 1.76. The Morgan fingerprint density at radius 3 is 2.68 bits per heavy atom. The van der Waals surface area contributed by atoms with Gasteiger partial charge in [0.05, 0.1) is 12.3 Å². The third-order valence-corrected chi connectivity index (χ3v) is 2.63. The summed E-state index contributed by atoms with van der Waals surface area (Å²) in [7, 11) is 0. The molecule has 1 aromatic heterocycles. The van der Waals surface area contributed by atoms with Crippen LogP contribution >= 0.6 is 0 Å². The zero-order valence-corrected chi connectivity index (χ0v) is 11.0. The molecule has 4 heteroatoms. The van der Waals surface area contributed by atoms with E-state index in [0.29, 0.717) is 13.2 Å².